The fourth-order valence-corrected chi connectivity index (χ4v) is 2.54. The maximum absolute atomic E-state index is 12.8. The van der Waals surface area contributed by atoms with Gasteiger partial charge in [-0.05, 0) is 32.0 Å². The largest absolute Gasteiger partial charge is 0.478 e. The quantitative estimate of drug-likeness (QED) is 0.858. The molecule has 1 aromatic carbocycles. The third-order valence-electron chi connectivity index (χ3n) is 3.48. The Kier molecular flexibility index (Phi) is 5.18. The number of aromatic nitrogens is 2. The molecule has 0 aliphatic carbocycles. The number of amides is 1. The molecule has 0 saturated carbocycles. The number of carbonyl (C=O) groups excluding carboxylic acids is 1. The van der Waals surface area contributed by atoms with Crippen molar-refractivity contribution in [2.45, 2.75) is 26.8 Å². The maximum Gasteiger partial charge on any atom is 0.337 e. The van der Waals surface area contributed by atoms with E-state index in [-0.39, 0.29) is 22.7 Å². The molecule has 24 heavy (non-hydrogen) atoms. The molecule has 2 N–H and O–H groups in total. The van der Waals surface area contributed by atoms with Crippen molar-refractivity contribution in [3.05, 3.63) is 45.7 Å². The number of halogens is 3. The summed E-state index contributed by atoms with van der Waals surface area (Å²) >= 11 is 5.83. The normalized spacial score (nSPS) is 10.9. The standard InChI is InChI=1S/C15H14ClF2N3O3/c1-7-11(8(2)21(20-7)15(17)18)6-13(22)19-9-3-4-10(14(23)24)12(16)5-9/h3-5,15H,6H2,1-2H3,(H,19,22)(H,23,24). The summed E-state index contributed by atoms with van der Waals surface area (Å²) in [6.07, 6.45) is -0.136. The molecule has 1 heterocycles. The van der Waals surface area contributed by atoms with Gasteiger partial charge in [0.05, 0.1) is 22.7 Å². The number of carbonyl (C=O) groups is 2. The summed E-state index contributed by atoms with van der Waals surface area (Å²) < 4.78 is 26.1. The summed E-state index contributed by atoms with van der Waals surface area (Å²) in [7, 11) is 0. The van der Waals surface area contributed by atoms with Crippen LogP contribution < -0.4 is 5.32 Å². The average Bonchev–Trinajstić information content (AvgIpc) is 2.75. The van der Waals surface area contributed by atoms with Gasteiger partial charge in [0, 0.05) is 16.9 Å². The highest BCUT2D eigenvalue weighted by molar-refractivity contribution is 6.33. The van der Waals surface area contributed by atoms with Gasteiger partial charge in [0.25, 0.3) is 0 Å². The molecule has 9 heteroatoms. The third kappa shape index (κ3) is 3.70. The molecule has 0 atom stereocenters. The fraction of sp³-hybridized carbons (Fsp3) is 0.267. The van der Waals surface area contributed by atoms with Crippen LogP contribution in [-0.4, -0.2) is 26.8 Å². The number of nitrogens with zero attached hydrogens (tertiary/aromatic N) is 2. The van der Waals surface area contributed by atoms with Crippen LogP contribution in [0.2, 0.25) is 5.02 Å². The summed E-state index contributed by atoms with van der Waals surface area (Å²) in [6, 6.07) is 3.98. The van der Waals surface area contributed by atoms with Crippen molar-refractivity contribution in [1.29, 1.82) is 0 Å². The first-order valence-corrected chi connectivity index (χ1v) is 7.24. The summed E-state index contributed by atoms with van der Waals surface area (Å²) in [5, 5.41) is 15.1. The predicted molar refractivity (Wildman–Crippen MR) is 83.7 cm³/mol. The number of carboxylic acid groups (broad SMARTS) is 1. The Balaban J connectivity index is 2.15. The lowest BCUT2D eigenvalue weighted by Gasteiger charge is -2.08. The number of rotatable bonds is 5. The van der Waals surface area contributed by atoms with E-state index in [9.17, 15) is 18.4 Å². The van der Waals surface area contributed by atoms with Gasteiger partial charge in [-0.25, -0.2) is 9.48 Å². The van der Waals surface area contributed by atoms with Gasteiger partial charge in [0.1, 0.15) is 0 Å². The molecular weight excluding hydrogens is 344 g/mol. The van der Waals surface area contributed by atoms with Crippen LogP contribution in [0, 0.1) is 13.8 Å². The molecule has 2 rings (SSSR count). The minimum absolute atomic E-state index is 0.0156. The van der Waals surface area contributed by atoms with Crippen molar-refractivity contribution in [2.24, 2.45) is 0 Å². The van der Waals surface area contributed by atoms with Gasteiger partial charge in [0.2, 0.25) is 5.91 Å². The van der Waals surface area contributed by atoms with Crippen molar-refractivity contribution in [1.82, 2.24) is 9.78 Å². The minimum Gasteiger partial charge on any atom is -0.478 e. The molecular formula is C15H14ClF2N3O3. The summed E-state index contributed by atoms with van der Waals surface area (Å²) in [5.74, 6) is -1.63. The highest BCUT2D eigenvalue weighted by Gasteiger charge is 2.19. The van der Waals surface area contributed by atoms with E-state index in [1.54, 1.807) is 6.92 Å². The Morgan fingerprint density at radius 2 is 2.04 bits per heavy atom. The van der Waals surface area contributed by atoms with Gasteiger partial charge in [-0.15, -0.1) is 0 Å². The van der Waals surface area contributed by atoms with Crippen LogP contribution in [0.1, 0.15) is 33.9 Å². The molecule has 1 aromatic heterocycles. The van der Waals surface area contributed by atoms with Crippen molar-refractivity contribution >= 4 is 29.2 Å². The van der Waals surface area contributed by atoms with E-state index in [4.69, 9.17) is 16.7 Å². The zero-order chi connectivity index (χ0) is 18.0. The van der Waals surface area contributed by atoms with E-state index in [2.05, 4.69) is 10.4 Å². The smallest absolute Gasteiger partial charge is 0.337 e. The zero-order valence-corrected chi connectivity index (χ0v) is 13.6. The number of hydrogen-bond donors (Lipinski definition) is 2. The Labute approximate surface area is 141 Å². The molecule has 0 saturated heterocycles. The van der Waals surface area contributed by atoms with Crippen molar-refractivity contribution in [3.8, 4) is 0 Å². The topological polar surface area (TPSA) is 84.2 Å². The van der Waals surface area contributed by atoms with Crippen molar-refractivity contribution in [3.63, 3.8) is 0 Å². The molecule has 0 fully saturated rings. The molecule has 0 radical (unpaired) electrons. The van der Waals surface area contributed by atoms with Crippen LogP contribution in [-0.2, 0) is 11.2 Å². The van der Waals surface area contributed by atoms with Crippen molar-refractivity contribution in [2.75, 3.05) is 5.32 Å². The molecule has 0 unspecified atom stereocenters. The van der Waals surface area contributed by atoms with E-state index < -0.39 is 18.4 Å². The maximum atomic E-state index is 12.8. The number of anilines is 1. The number of aryl methyl sites for hydroxylation is 1. The fourth-order valence-electron chi connectivity index (χ4n) is 2.27. The van der Waals surface area contributed by atoms with Gasteiger partial charge in [-0.2, -0.15) is 13.9 Å². The number of benzene rings is 1. The molecule has 128 valence electrons. The van der Waals surface area contributed by atoms with Gasteiger partial charge >= 0.3 is 12.5 Å². The van der Waals surface area contributed by atoms with E-state index in [1.807, 2.05) is 0 Å². The second-order valence-corrected chi connectivity index (χ2v) is 5.50. The number of nitrogens with one attached hydrogen (secondary N) is 1. The van der Waals surface area contributed by atoms with E-state index in [1.165, 1.54) is 25.1 Å². The molecule has 1 amide bonds. The second-order valence-electron chi connectivity index (χ2n) is 5.10. The van der Waals surface area contributed by atoms with Crippen LogP contribution in [0.25, 0.3) is 0 Å². The van der Waals surface area contributed by atoms with Crippen LogP contribution in [0.4, 0.5) is 14.5 Å². The number of aromatic carboxylic acids is 1. The Morgan fingerprint density at radius 3 is 2.54 bits per heavy atom. The summed E-state index contributed by atoms with van der Waals surface area (Å²) in [4.78, 5) is 23.0. The molecule has 0 aliphatic rings. The van der Waals surface area contributed by atoms with Crippen LogP contribution in [0.3, 0.4) is 0 Å². The van der Waals surface area contributed by atoms with E-state index in [0.29, 0.717) is 21.6 Å². The molecule has 0 aliphatic heterocycles. The summed E-state index contributed by atoms with van der Waals surface area (Å²) in [5.41, 5.74) is 1.21. The van der Waals surface area contributed by atoms with Crippen LogP contribution in [0.5, 0.6) is 0 Å². The first-order chi connectivity index (χ1) is 11.2. The van der Waals surface area contributed by atoms with Gasteiger partial charge in [-0.3, -0.25) is 4.79 Å². The Hall–Kier alpha value is -2.48. The van der Waals surface area contributed by atoms with E-state index >= 15 is 0 Å². The minimum atomic E-state index is -2.78. The Morgan fingerprint density at radius 1 is 1.38 bits per heavy atom. The lowest BCUT2D eigenvalue weighted by molar-refractivity contribution is -0.115. The SMILES string of the molecule is Cc1nn(C(F)F)c(C)c1CC(=O)Nc1ccc(C(=O)O)c(Cl)c1. The van der Waals surface area contributed by atoms with Crippen LogP contribution in [0.15, 0.2) is 18.2 Å². The monoisotopic (exact) mass is 357 g/mol. The third-order valence-corrected chi connectivity index (χ3v) is 3.79. The lowest BCUT2D eigenvalue weighted by atomic mass is 10.1. The number of hydrogen-bond acceptors (Lipinski definition) is 3. The van der Waals surface area contributed by atoms with Crippen molar-refractivity contribution < 1.29 is 23.5 Å². The lowest BCUT2D eigenvalue weighted by Crippen LogP contribution is -2.15. The van der Waals surface area contributed by atoms with Gasteiger partial charge in [0.15, 0.2) is 0 Å². The highest BCUT2D eigenvalue weighted by atomic mass is 35.5. The second kappa shape index (κ2) is 6.96. The van der Waals surface area contributed by atoms with Gasteiger partial charge < -0.3 is 10.4 Å². The number of alkyl halides is 2. The number of carboxylic acids is 1. The predicted octanol–water partition coefficient (Wildman–Crippen LogP) is 3.43. The zero-order valence-electron chi connectivity index (χ0n) is 12.8. The molecule has 6 nitrogen and oxygen atoms in total. The molecule has 0 bridgehead atoms. The van der Waals surface area contributed by atoms with Crippen LogP contribution >= 0.6 is 11.6 Å². The van der Waals surface area contributed by atoms with E-state index in [0.717, 1.165) is 0 Å². The molecule has 2 aromatic rings. The Bertz CT molecular complexity index is 806. The first kappa shape index (κ1) is 17.9. The summed E-state index contributed by atoms with van der Waals surface area (Å²) in [6.45, 7) is 0.239. The van der Waals surface area contributed by atoms with Gasteiger partial charge in [-0.1, -0.05) is 11.6 Å². The highest BCUT2D eigenvalue weighted by Crippen LogP contribution is 2.23. The first-order valence-electron chi connectivity index (χ1n) is 6.86. The average molecular weight is 358 g/mol. The molecule has 0 spiro atoms.